The molecule has 2 rings (SSSR count). The van der Waals surface area contributed by atoms with Crippen LogP contribution in [-0.2, 0) is 23.6 Å². The molecule has 1 aromatic heterocycles. The highest BCUT2D eigenvalue weighted by molar-refractivity contribution is 7.89. The fraction of sp³-hybridized carbons (Fsp3) is 0.333. The first-order valence-electron chi connectivity index (χ1n) is 6.59. The number of sulfonamides is 1. The van der Waals surface area contributed by atoms with Crippen LogP contribution in [0, 0.1) is 0 Å². The maximum atomic E-state index is 12.2. The number of rotatable bonds is 5. The van der Waals surface area contributed by atoms with Crippen LogP contribution in [0.1, 0.15) is 30.9 Å². The topological polar surface area (TPSA) is 51.1 Å². The van der Waals surface area contributed by atoms with Gasteiger partial charge in [-0.2, -0.15) is 0 Å². The number of aryl methyl sites for hydroxylation is 1. The third-order valence-electron chi connectivity index (χ3n) is 3.22. The molecule has 20 heavy (non-hydrogen) atoms. The van der Waals surface area contributed by atoms with Crippen molar-refractivity contribution in [2.45, 2.75) is 31.2 Å². The summed E-state index contributed by atoms with van der Waals surface area (Å²) < 4.78 is 28.9. The van der Waals surface area contributed by atoms with Crippen molar-refractivity contribution in [1.29, 1.82) is 0 Å². The van der Waals surface area contributed by atoms with Gasteiger partial charge in [-0.3, -0.25) is 0 Å². The second-order valence-corrected chi connectivity index (χ2v) is 7.00. The summed E-state index contributed by atoms with van der Waals surface area (Å²) in [5, 5.41) is 0. The zero-order valence-electron chi connectivity index (χ0n) is 12.0. The molecule has 0 aliphatic carbocycles. The van der Waals surface area contributed by atoms with Crippen LogP contribution in [0.3, 0.4) is 0 Å². The highest BCUT2D eigenvalue weighted by Crippen LogP contribution is 2.17. The van der Waals surface area contributed by atoms with E-state index in [0.29, 0.717) is 17.4 Å². The van der Waals surface area contributed by atoms with Crippen molar-refractivity contribution in [3.05, 3.63) is 53.9 Å². The van der Waals surface area contributed by atoms with Gasteiger partial charge in [0.05, 0.1) is 4.90 Å². The van der Waals surface area contributed by atoms with Crippen LogP contribution in [0.25, 0.3) is 0 Å². The van der Waals surface area contributed by atoms with Crippen LogP contribution < -0.4 is 4.72 Å². The molecule has 0 atom stereocenters. The number of benzene rings is 1. The minimum atomic E-state index is -3.45. The lowest BCUT2D eigenvalue weighted by Gasteiger charge is -2.08. The summed E-state index contributed by atoms with van der Waals surface area (Å²) >= 11 is 0. The summed E-state index contributed by atoms with van der Waals surface area (Å²) in [6, 6.07) is 8.93. The number of hydrogen-bond donors (Lipinski definition) is 1. The molecule has 2 aromatic rings. The van der Waals surface area contributed by atoms with Crippen LogP contribution in [0.15, 0.2) is 47.6 Å². The Hall–Kier alpha value is -1.59. The molecule has 4 nitrogen and oxygen atoms in total. The van der Waals surface area contributed by atoms with Crippen molar-refractivity contribution in [3.8, 4) is 0 Å². The molecule has 0 aliphatic rings. The Kier molecular flexibility index (Phi) is 4.30. The third kappa shape index (κ3) is 3.49. The summed E-state index contributed by atoms with van der Waals surface area (Å²) in [6.45, 7) is 4.46. The van der Waals surface area contributed by atoms with Gasteiger partial charge >= 0.3 is 0 Å². The van der Waals surface area contributed by atoms with Crippen molar-refractivity contribution in [1.82, 2.24) is 9.29 Å². The van der Waals surface area contributed by atoms with Crippen molar-refractivity contribution in [3.63, 3.8) is 0 Å². The third-order valence-corrected chi connectivity index (χ3v) is 4.63. The molecular formula is C15H20N2O2S. The Balaban J connectivity index is 2.09. The maximum Gasteiger partial charge on any atom is 0.240 e. The monoisotopic (exact) mass is 292 g/mol. The first-order chi connectivity index (χ1) is 9.38. The van der Waals surface area contributed by atoms with Gasteiger partial charge in [-0.15, -0.1) is 0 Å². The van der Waals surface area contributed by atoms with Gasteiger partial charge in [0.25, 0.3) is 0 Å². The summed E-state index contributed by atoms with van der Waals surface area (Å²) in [5.41, 5.74) is 2.07. The molecule has 0 saturated carbocycles. The molecule has 108 valence electrons. The minimum absolute atomic E-state index is 0.301. The van der Waals surface area contributed by atoms with Crippen molar-refractivity contribution in [2.75, 3.05) is 0 Å². The highest BCUT2D eigenvalue weighted by atomic mass is 32.2. The number of aromatic nitrogens is 1. The van der Waals surface area contributed by atoms with E-state index >= 15 is 0 Å². The molecule has 1 N–H and O–H groups in total. The smallest absolute Gasteiger partial charge is 0.240 e. The first kappa shape index (κ1) is 14.8. The van der Waals surface area contributed by atoms with Crippen molar-refractivity contribution < 1.29 is 8.42 Å². The molecular weight excluding hydrogens is 272 g/mol. The zero-order valence-corrected chi connectivity index (χ0v) is 12.8. The van der Waals surface area contributed by atoms with Gasteiger partial charge in [0.15, 0.2) is 0 Å². The van der Waals surface area contributed by atoms with Gasteiger partial charge < -0.3 is 4.57 Å². The van der Waals surface area contributed by atoms with E-state index in [9.17, 15) is 8.42 Å². The van der Waals surface area contributed by atoms with Gasteiger partial charge in [-0.05, 0) is 35.2 Å². The summed E-state index contributed by atoms with van der Waals surface area (Å²) in [7, 11) is -1.55. The quantitative estimate of drug-likeness (QED) is 0.921. The number of nitrogens with zero attached hydrogens (tertiary/aromatic N) is 1. The van der Waals surface area contributed by atoms with Crippen molar-refractivity contribution >= 4 is 10.0 Å². The van der Waals surface area contributed by atoms with Gasteiger partial charge in [0, 0.05) is 26.0 Å². The zero-order chi connectivity index (χ0) is 14.8. The lowest BCUT2D eigenvalue weighted by molar-refractivity contribution is 0.581. The number of nitrogens with one attached hydrogen (secondary N) is 1. The molecule has 0 radical (unpaired) electrons. The van der Waals surface area contributed by atoms with Crippen LogP contribution in [-0.4, -0.2) is 13.0 Å². The first-order valence-corrected chi connectivity index (χ1v) is 8.07. The highest BCUT2D eigenvalue weighted by Gasteiger charge is 2.14. The minimum Gasteiger partial charge on any atom is -0.357 e. The summed E-state index contributed by atoms with van der Waals surface area (Å²) in [6.07, 6.45) is 3.78. The van der Waals surface area contributed by atoms with Crippen LogP contribution in [0.4, 0.5) is 0 Å². The van der Waals surface area contributed by atoms with Crippen LogP contribution >= 0.6 is 0 Å². The van der Waals surface area contributed by atoms with Crippen molar-refractivity contribution in [2.24, 2.45) is 7.05 Å². The molecule has 0 unspecified atom stereocenters. The predicted molar refractivity (Wildman–Crippen MR) is 80.0 cm³/mol. The second kappa shape index (κ2) is 5.81. The van der Waals surface area contributed by atoms with Crippen LogP contribution in [0.2, 0.25) is 0 Å². The molecule has 0 fully saturated rings. The van der Waals surface area contributed by atoms with Gasteiger partial charge in [0.2, 0.25) is 10.0 Å². The van der Waals surface area contributed by atoms with E-state index in [0.717, 1.165) is 11.1 Å². The molecule has 1 aromatic carbocycles. The molecule has 5 heteroatoms. The molecule has 0 spiro atoms. The van der Waals surface area contributed by atoms with E-state index < -0.39 is 10.0 Å². The molecule has 0 bridgehead atoms. The predicted octanol–water partition coefficient (Wildman–Crippen LogP) is 2.63. The van der Waals surface area contributed by atoms with E-state index in [4.69, 9.17) is 0 Å². The Morgan fingerprint density at radius 2 is 1.80 bits per heavy atom. The van der Waals surface area contributed by atoms with E-state index in [1.54, 1.807) is 12.1 Å². The molecule has 0 aliphatic heterocycles. The average Bonchev–Trinajstić information content (AvgIpc) is 2.82. The summed E-state index contributed by atoms with van der Waals surface area (Å²) in [4.78, 5) is 0.304. The average molecular weight is 292 g/mol. The largest absolute Gasteiger partial charge is 0.357 e. The van der Waals surface area contributed by atoms with Gasteiger partial charge in [-0.25, -0.2) is 13.1 Å². The van der Waals surface area contributed by atoms with E-state index in [1.807, 2.05) is 42.2 Å². The fourth-order valence-corrected chi connectivity index (χ4v) is 2.98. The molecule has 0 amide bonds. The number of hydrogen-bond acceptors (Lipinski definition) is 2. The second-order valence-electron chi connectivity index (χ2n) is 5.23. The van der Waals surface area contributed by atoms with E-state index in [-0.39, 0.29) is 0 Å². The SMILES string of the molecule is CC(C)c1ccc(S(=O)(=O)NCc2ccn(C)c2)cc1. The maximum absolute atomic E-state index is 12.2. The lowest BCUT2D eigenvalue weighted by Crippen LogP contribution is -2.23. The molecule has 0 saturated heterocycles. The van der Waals surface area contributed by atoms with Gasteiger partial charge in [-0.1, -0.05) is 26.0 Å². The Labute approximate surface area is 120 Å². The van der Waals surface area contributed by atoms with Gasteiger partial charge in [0.1, 0.15) is 0 Å². The normalized spacial score (nSPS) is 12.0. The summed E-state index contributed by atoms with van der Waals surface area (Å²) in [5.74, 6) is 0.393. The standard InChI is InChI=1S/C15H20N2O2S/c1-12(2)14-4-6-15(7-5-14)20(18,19)16-10-13-8-9-17(3)11-13/h4-9,11-12,16H,10H2,1-3H3. The Bertz CT molecular complexity index is 670. The van der Waals surface area contributed by atoms with E-state index in [2.05, 4.69) is 18.6 Å². The Morgan fingerprint density at radius 1 is 1.15 bits per heavy atom. The Morgan fingerprint density at radius 3 is 2.30 bits per heavy atom. The molecule has 1 heterocycles. The van der Waals surface area contributed by atoms with Crippen LogP contribution in [0.5, 0.6) is 0 Å². The van der Waals surface area contributed by atoms with E-state index in [1.165, 1.54) is 0 Å². The lowest BCUT2D eigenvalue weighted by atomic mass is 10.0. The fourth-order valence-electron chi connectivity index (χ4n) is 1.96.